The lowest BCUT2D eigenvalue weighted by Gasteiger charge is -2.27. The zero-order valence-corrected chi connectivity index (χ0v) is 32.5. The number of nitrogens with zero attached hydrogens (tertiary/aromatic N) is 1. The summed E-state index contributed by atoms with van der Waals surface area (Å²) in [6.45, 7) is 0. The van der Waals surface area contributed by atoms with Crippen LogP contribution < -0.4 is 4.90 Å². The molecule has 0 atom stereocenters. The van der Waals surface area contributed by atoms with Gasteiger partial charge in [-0.1, -0.05) is 188 Å². The molecular weight excluding hydrogens is 719 g/mol. The fraction of sp³-hybridized carbons (Fsp3) is 0. The second kappa shape index (κ2) is 14.4. The molecular formula is C56H37NS. The zero-order chi connectivity index (χ0) is 38.4. The summed E-state index contributed by atoms with van der Waals surface area (Å²) in [5.74, 6) is 0. The van der Waals surface area contributed by atoms with Crippen molar-refractivity contribution >= 4 is 70.1 Å². The van der Waals surface area contributed by atoms with Crippen molar-refractivity contribution < 1.29 is 0 Å². The molecule has 0 radical (unpaired) electrons. The van der Waals surface area contributed by atoms with Crippen LogP contribution in [-0.2, 0) is 0 Å². The molecule has 272 valence electrons. The summed E-state index contributed by atoms with van der Waals surface area (Å²) in [6.07, 6.45) is 0. The molecule has 0 aliphatic rings. The van der Waals surface area contributed by atoms with E-state index in [0.29, 0.717) is 0 Å². The Kier molecular flexibility index (Phi) is 8.42. The van der Waals surface area contributed by atoms with Crippen LogP contribution in [0.5, 0.6) is 0 Å². The summed E-state index contributed by atoms with van der Waals surface area (Å²) in [5.41, 5.74) is 13.1. The maximum Gasteiger partial charge on any atom is 0.0640 e. The molecule has 0 saturated carbocycles. The van der Waals surface area contributed by atoms with Gasteiger partial charge in [0.05, 0.1) is 10.4 Å². The molecule has 0 saturated heterocycles. The molecule has 1 heterocycles. The maximum absolute atomic E-state index is 2.47. The molecule has 2 heteroatoms. The molecule has 0 spiro atoms. The molecule has 0 amide bonds. The van der Waals surface area contributed by atoms with E-state index in [4.69, 9.17) is 0 Å². The Morgan fingerprint density at radius 1 is 0.310 bits per heavy atom. The first-order valence-corrected chi connectivity index (χ1v) is 20.7. The Morgan fingerprint density at radius 2 is 0.724 bits per heavy atom. The van der Waals surface area contributed by atoms with Crippen LogP contribution in [0, 0.1) is 0 Å². The molecule has 1 aromatic heterocycles. The van der Waals surface area contributed by atoms with E-state index in [-0.39, 0.29) is 0 Å². The maximum atomic E-state index is 2.47. The van der Waals surface area contributed by atoms with Crippen molar-refractivity contribution in [3.63, 3.8) is 0 Å². The van der Waals surface area contributed by atoms with Gasteiger partial charge >= 0.3 is 0 Å². The SMILES string of the molecule is c1ccc(-c2cccc3cccc(-c4cccc(N(c5cccc(-c6cccc7cccc(-c8ccccc8)c67)c5)c5cccc6c5sc5ccccc56)c4)c23)cc1. The molecule has 11 rings (SSSR count). The summed E-state index contributed by atoms with van der Waals surface area (Å²) >= 11 is 1.87. The third kappa shape index (κ3) is 5.86. The molecule has 58 heavy (non-hydrogen) atoms. The molecule has 0 N–H and O–H groups in total. The van der Waals surface area contributed by atoms with Gasteiger partial charge in [-0.2, -0.15) is 0 Å². The van der Waals surface area contributed by atoms with Gasteiger partial charge in [-0.25, -0.2) is 0 Å². The van der Waals surface area contributed by atoms with Crippen LogP contribution in [0.2, 0.25) is 0 Å². The number of anilines is 3. The normalized spacial score (nSPS) is 11.4. The zero-order valence-electron chi connectivity index (χ0n) is 31.7. The predicted molar refractivity (Wildman–Crippen MR) is 251 cm³/mol. The smallest absolute Gasteiger partial charge is 0.0640 e. The Balaban J connectivity index is 1.14. The van der Waals surface area contributed by atoms with Gasteiger partial charge in [-0.15, -0.1) is 11.3 Å². The second-order valence-corrected chi connectivity index (χ2v) is 15.9. The Morgan fingerprint density at radius 3 is 1.26 bits per heavy atom. The molecule has 10 aromatic carbocycles. The largest absolute Gasteiger partial charge is 0.309 e. The van der Waals surface area contributed by atoms with Gasteiger partial charge < -0.3 is 4.90 Å². The van der Waals surface area contributed by atoms with Gasteiger partial charge in [0.25, 0.3) is 0 Å². The summed E-state index contributed by atoms with van der Waals surface area (Å²) in [6, 6.07) is 82.0. The van der Waals surface area contributed by atoms with Crippen molar-refractivity contribution in [2.24, 2.45) is 0 Å². The summed E-state index contributed by atoms with van der Waals surface area (Å²) in [5, 5.41) is 7.55. The third-order valence-corrected chi connectivity index (χ3v) is 12.6. The van der Waals surface area contributed by atoms with Gasteiger partial charge in [-0.05, 0) is 102 Å². The third-order valence-electron chi connectivity index (χ3n) is 11.4. The monoisotopic (exact) mass is 755 g/mol. The van der Waals surface area contributed by atoms with Crippen molar-refractivity contribution in [3.05, 3.63) is 224 Å². The van der Waals surface area contributed by atoms with Crippen LogP contribution in [0.25, 0.3) is 86.2 Å². The average Bonchev–Trinajstić information content (AvgIpc) is 3.69. The van der Waals surface area contributed by atoms with Gasteiger partial charge in [0.2, 0.25) is 0 Å². The molecule has 0 unspecified atom stereocenters. The fourth-order valence-electron chi connectivity index (χ4n) is 8.84. The van der Waals surface area contributed by atoms with Crippen LogP contribution in [0.1, 0.15) is 0 Å². The lowest BCUT2D eigenvalue weighted by molar-refractivity contribution is 1.30. The summed E-state index contributed by atoms with van der Waals surface area (Å²) in [7, 11) is 0. The average molecular weight is 756 g/mol. The van der Waals surface area contributed by atoms with Gasteiger partial charge in [-0.3, -0.25) is 0 Å². The van der Waals surface area contributed by atoms with Crippen molar-refractivity contribution in [2.75, 3.05) is 4.90 Å². The number of benzene rings is 10. The van der Waals surface area contributed by atoms with Gasteiger partial charge in [0, 0.05) is 26.8 Å². The highest BCUT2D eigenvalue weighted by molar-refractivity contribution is 7.26. The highest BCUT2D eigenvalue weighted by Gasteiger charge is 2.21. The van der Waals surface area contributed by atoms with Crippen LogP contribution in [0.3, 0.4) is 0 Å². The summed E-state index contributed by atoms with van der Waals surface area (Å²) < 4.78 is 2.56. The Labute approximate surface area is 342 Å². The van der Waals surface area contributed by atoms with Crippen LogP contribution >= 0.6 is 11.3 Å². The molecule has 0 aliphatic carbocycles. The molecule has 0 bridgehead atoms. The van der Waals surface area contributed by atoms with E-state index in [1.165, 1.54) is 91.9 Å². The van der Waals surface area contributed by atoms with Crippen molar-refractivity contribution in [2.45, 2.75) is 0 Å². The number of hydrogen-bond donors (Lipinski definition) is 0. The second-order valence-electron chi connectivity index (χ2n) is 14.8. The lowest BCUT2D eigenvalue weighted by Crippen LogP contribution is -2.10. The van der Waals surface area contributed by atoms with Crippen molar-refractivity contribution in [1.29, 1.82) is 0 Å². The van der Waals surface area contributed by atoms with E-state index in [9.17, 15) is 0 Å². The molecule has 0 fully saturated rings. The van der Waals surface area contributed by atoms with Crippen LogP contribution in [0.15, 0.2) is 224 Å². The van der Waals surface area contributed by atoms with E-state index < -0.39 is 0 Å². The van der Waals surface area contributed by atoms with Crippen LogP contribution in [-0.4, -0.2) is 0 Å². The van der Waals surface area contributed by atoms with Crippen molar-refractivity contribution in [1.82, 2.24) is 0 Å². The van der Waals surface area contributed by atoms with E-state index in [0.717, 1.165) is 11.4 Å². The highest BCUT2D eigenvalue weighted by atomic mass is 32.1. The number of hydrogen-bond acceptors (Lipinski definition) is 2. The van der Waals surface area contributed by atoms with E-state index in [2.05, 4.69) is 229 Å². The number of rotatable bonds is 7. The first kappa shape index (κ1) is 34.0. The first-order valence-electron chi connectivity index (χ1n) is 19.8. The minimum Gasteiger partial charge on any atom is -0.309 e. The van der Waals surface area contributed by atoms with E-state index in [1.54, 1.807) is 0 Å². The van der Waals surface area contributed by atoms with E-state index >= 15 is 0 Å². The molecule has 11 aromatic rings. The topological polar surface area (TPSA) is 3.24 Å². The Hall–Kier alpha value is -7.26. The van der Waals surface area contributed by atoms with Crippen molar-refractivity contribution in [3.8, 4) is 44.5 Å². The van der Waals surface area contributed by atoms with Crippen LogP contribution in [0.4, 0.5) is 17.1 Å². The Bertz CT molecular complexity index is 3110. The minimum atomic E-state index is 1.11. The number of fused-ring (bicyclic) bond motifs is 5. The molecule has 1 nitrogen and oxygen atoms in total. The lowest BCUT2D eigenvalue weighted by atomic mass is 9.91. The van der Waals surface area contributed by atoms with Gasteiger partial charge in [0.1, 0.15) is 0 Å². The predicted octanol–water partition coefficient (Wildman–Crippen LogP) is 16.5. The fourth-order valence-corrected chi connectivity index (χ4v) is 10.0. The van der Waals surface area contributed by atoms with E-state index in [1.807, 2.05) is 11.3 Å². The highest BCUT2D eigenvalue weighted by Crippen LogP contribution is 2.47. The first-order chi connectivity index (χ1) is 28.8. The quantitative estimate of drug-likeness (QED) is 0.157. The minimum absolute atomic E-state index is 1.11. The standard InChI is InChI=1S/C56H37NS/c1-3-16-38(17-4-1)46-29-11-20-40-22-13-31-48(54(40)46)42-24-9-26-44(36-42)57(52-34-15-33-51-50-28-7-8-35-53(50)58-56(51)52)45-27-10-25-43(37-45)49-32-14-23-41-21-12-30-47(55(41)49)39-18-5-2-6-19-39/h1-37H. The molecule has 0 aliphatic heterocycles. The number of thiophene rings is 1. The summed E-state index contributed by atoms with van der Waals surface area (Å²) in [4.78, 5) is 2.47. The van der Waals surface area contributed by atoms with Gasteiger partial charge in [0.15, 0.2) is 0 Å².